The minimum absolute atomic E-state index is 0.541. The Bertz CT molecular complexity index is 218. The van der Waals surface area contributed by atoms with Crippen molar-refractivity contribution in [2.75, 3.05) is 23.0 Å². The lowest BCUT2D eigenvalue weighted by atomic mass is 10.2. The Morgan fingerprint density at radius 2 is 1.82 bits per heavy atom. The molecule has 2 aliphatic heterocycles. The number of aliphatic hydroxyl groups excluding tert-OH is 1. The van der Waals surface area contributed by atoms with Crippen LogP contribution >= 0.6 is 23.5 Å². The lowest BCUT2D eigenvalue weighted by Gasteiger charge is -2.19. The smallest absolute Gasteiger partial charge is 0.116 e. The van der Waals surface area contributed by atoms with E-state index in [1.54, 1.807) is 0 Å². The summed E-state index contributed by atoms with van der Waals surface area (Å²) >= 11 is 3.79. The molecule has 0 amide bonds. The van der Waals surface area contributed by atoms with E-state index in [2.05, 4.69) is 0 Å². The molecular formula is C8H10OS2. The standard InChI is InChI=1S/C8H10OS2/c9-8(7-4-11-5-7)1-6-2-10-3-6/h1,9H,2-5H2. The highest BCUT2D eigenvalue weighted by Gasteiger charge is 2.15. The Balaban J connectivity index is 2.03. The van der Waals surface area contributed by atoms with Crippen molar-refractivity contribution in [2.24, 2.45) is 0 Å². The van der Waals surface area contributed by atoms with E-state index < -0.39 is 0 Å². The van der Waals surface area contributed by atoms with Crippen molar-refractivity contribution in [1.82, 2.24) is 0 Å². The minimum atomic E-state index is 0.541. The van der Waals surface area contributed by atoms with Gasteiger partial charge in [0.15, 0.2) is 0 Å². The number of thioether (sulfide) groups is 2. The van der Waals surface area contributed by atoms with Crippen LogP contribution in [0.2, 0.25) is 0 Å². The van der Waals surface area contributed by atoms with E-state index in [1.807, 2.05) is 29.6 Å². The molecule has 3 heteroatoms. The van der Waals surface area contributed by atoms with E-state index in [0.29, 0.717) is 5.76 Å². The molecule has 2 saturated heterocycles. The first kappa shape index (κ1) is 7.62. The molecule has 0 aliphatic carbocycles. The highest BCUT2D eigenvalue weighted by atomic mass is 32.2. The average molecular weight is 186 g/mol. The summed E-state index contributed by atoms with van der Waals surface area (Å²) < 4.78 is 0. The van der Waals surface area contributed by atoms with E-state index in [1.165, 1.54) is 11.1 Å². The molecule has 0 radical (unpaired) electrons. The summed E-state index contributed by atoms with van der Waals surface area (Å²) in [5.41, 5.74) is 2.61. The third-order valence-electron chi connectivity index (χ3n) is 1.83. The van der Waals surface area contributed by atoms with E-state index in [9.17, 15) is 5.11 Å². The fourth-order valence-electron chi connectivity index (χ4n) is 0.951. The Hall–Kier alpha value is -0.0200. The van der Waals surface area contributed by atoms with E-state index in [0.717, 1.165) is 23.0 Å². The van der Waals surface area contributed by atoms with Gasteiger partial charge < -0.3 is 5.11 Å². The van der Waals surface area contributed by atoms with Gasteiger partial charge in [-0.05, 0) is 17.2 Å². The normalized spacial score (nSPS) is 22.2. The maximum Gasteiger partial charge on any atom is 0.116 e. The fourth-order valence-corrected chi connectivity index (χ4v) is 2.26. The second-order valence-electron chi connectivity index (χ2n) is 2.78. The van der Waals surface area contributed by atoms with Crippen LogP contribution in [0.4, 0.5) is 0 Å². The fraction of sp³-hybridized carbons (Fsp3) is 0.500. The van der Waals surface area contributed by atoms with Crippen LogP contribution in [0.25, 0.3) is 0 Å². The SMILES string of the molecule is OC(C=C1CSC1)=C1CSC1. The molecule has 2 heterocycles. The molecule has 2 fully saturated rings. The first-order valence-corrected chi connectivity index (χ1v) is 5.93. The molecule has 0 aromatic heterocycles. The minimum Gasteiger partial charge on any atom is -0.508 e. The van der Waals surface area contributed by atoms with Crippen molar-refractivity contribution in [3.05, 3.63) is 23.0 Å². The Labute approximate surface area is 74.9 Å². The Morgan fingerprint density at radius 1 is 1.18 bits per heavy atom. The summed E-state index contributed by atoms with van der Waals surface area (Å²) in [6.07, 6.45) is 1.95. The molecule has 60 valence electrons. The van der Waals surface area contributed by atoms with Gasteiger partial charge in [0, 0.05) is 23.0 Å². The summed E-state index contributed by atoms with van der Waals surface area (Å²) in [7, 11) is 0. The van der Waals surface area contributed by atoms with Crippen LogP contribution in [-0.4, -0.2) is 28.1 Å². The molecular weight excluding hydrogens is 176 g/mol. The van der Waals surface area contributed by atoms with Crippen molar-refractivity contribution >= 4 is 23.5 Å². The Kier molecular flexibility index (Phi) is 2.18. The van der Waals surface area contributed by atoms with Crippen molar-refractivity contribution in [2.45, 2.75) is 0 Å². The summed E-state index contributed by atoms with van der Waals surface area (Å²) in [4.78, 5) is 0. The molecule has 1 N–H and O–H groups in total. The van der Waals surface area contributed by atoms with E-state index in [-0.39, 0.29) is 0 Å². The molecule has 2 rings (SSSR count). The number of hydrogen-bond acceptors (Lipinski definition) is 3. The Morgan fingerprint density at radius 3 is 2.18 bits per heavy atom. The van der Waals surface area contributed by atoms with Crippen molar-refractivity contribution in [1.29, 1.82) is 0 Å². The van der Waals surface area contributed by atoms with Gasteiger partial charge in [-0.2, -0.15) is 23.5 Å². The van der Waals surface area contributed by atoms with Crippen LogP contribution < -0.4 is 0 Å². The van der Waals surface area contributed by atoms with Gasteiger partial charge in [0.1, 0.15) is 5.76 Å². The first-order chi connectivity index (χ1) is 5.36. The number of hydrogen-bond donors (Lipinski definition) is 1. The molecule has 0 spiro atoms. The molecule has 0 atom stereocenters. The molecule has 0 saturated carbocycles. The zero-order chi connectivity index (χ0) is 7.68. The van der Waals surface area contributed by atoms with Gasteiger partial charge in [-0.1, -0.05) is 0 Å². The van der Waals surface area contributed by atoms with Crippen LogP contribution in [0.15, 0.2) is 23.0 Å². The summed E-state index contributed by atoms with van der Waals surface area (Å²) in [5, 5.41) is 9.48. The summed E-state index contributed by atoms with van der Waals surface area (Å²) in [6, 6.07) is 0. The van der Waals surface area contributed by atoms with E-state index >= 15 is 0 Å². The lowest BCUT2D eigenvalue weighted by Crippen LogP contribution is -2.10. The van der Waals surface area contributed by atoms with Gasteiger partial charge >= 0.3 is 0 Å². The zero-order valence-corrected chi connectivity index (χ0v) is 7.80. The largest absolute Gasteiger partial charge is 0.508 e. The maximum absolute atomic E-state index is 9.48. The monoisotopic (exact) mass is 186 g/mol. The predicted molar refractivity (Wildman–Crippen MR) is 52.4 cm³/mol. The van der Waals surface area contributed by atoms with Crippen molar-refractivity contribution in [3.8, 4) is 0 Å². The van der Waals surface area contributed by atoms with Crippen molar-refractivity contribution < 1.29 is 5.11 Å². The topological polar surface area (TPSA) is 20.2 Å². The quantitative estimate of drug-likeness (QED) is 0.634. The number of rotatable bonds is 1. The molecule has 1 nitrogen and oxygen atoms in total. The van der Waals surface area contributed by atoms with Crippen LogP contribution in [-0.2, 0) is 0 Å². The summed E-state index contributed by atoms with van der Waals surface area (Å²) in [5.74, 6) is 4.83. The molecule has 0 bridgehead atoms. The molecule has 0 unspecified atom stereocenters. The highest BCUT2D eigenvalue weighted by Crippen LogP contribution is 2.29. The van der Waals surface area contributed by atoms with Gasteiger partial charge in [0.05, 0.1) is 0 Å². The van der Waals surface area contributed by atoms with Crippen LogP contribution in [0, 0.1) is 0 Å². The molecule has 2 aliphatic rings. The highest BCUT2D eigenvalue weighted by molar-refractivity contribution is 8.01. The average Bonchev–Trinajstić information content (AvgIpc) is 1.74. The third kappa shape index (κ3) is 1.59. The first-order valence-electron chi connectivity index (χ1n) is 3.62. The second-order valence-corrected chi connectivity index (χ2v) is 4.75. The van der Waals surface area contributed by atoms with Gasteiger partial charge in [-0.15, -0.1) is 0 Å². The molecule has 0 aromatic carbocycles. The third-order valence-corrected chi connectivity index (χ3v) is 4.09. The van der Waals surface area contributed by atoms with Gasteiger partial charge in [0.25, 0.3) is 0 Å². The van der Waals surface area contributed by atoms with Gasteiger partial charge in [-0.25, -0.2) is 0 Å². The number of aliphatic hydroxyl groups is 1. The van der Waals surface area contributed by atoms with Crippen LogP contribution in [0.3, 0.4) is 0 Å². The van der Waals surface area contributed by atoms with Gasteiger partial charge in [0.2, 0.25) is 0 Å². The summed E-state index contributed by atoms with van der Waals surface area (Å²) in [6.45, 7) is 0. The second kappa shape index (κ2) is 3.15. The van der Waals surface area contributed by atoms with Crippen molar-refractivity contribution in [3.63, 3.8) is 0 Å². The maximum atomic E-state index is 9.48. The van der Waals surface area contributed by atoms with E-state index in [4.69, 9.17) is 0 Å². The van der Waals surface area contributed by atoms with Crippen LogP contribution in [0.5, 0.6) is 0 Å². The number of allylic oxidation sites excluding steroid dienone is 1. The van der Waals surface area contributed by atoms with Gasteiger partial charge in [-0.3, -0.25) is 0 Å². The lowest BCUT2D eigenvalue weighted by molar-refractivity contribution is 0.424. The van der Waals surface area contributed by atoms with Crippen LogP contribution in [0.1, 0.15) is 0 Å². The predicted octanol–water partition coefficient (Wildman–Crippen LogP) is 2.22. The molecule has 11 heavy (non-hydrogen) atoms. The zero-order valence-electron chi connectivity index (χ0n) is 6.17. The molecule has 0 aromatic rings.